The van der Waals surface area contributed by atoms with Gasteiger partial charge in [0.05, 0.1) is 39.3 Å². The molecule has 0 saturated carbocycles. The van der Waals surface area contributed by atoms with Gasteiger partial charge in [0.15, 0.2) is 0 Å². The minimum absolute atomic E-state index is 0.204. The molecule has 2 aromatic carbocycles. The van der Waals surface area contributed by atoms with Crippen LogP contribution in [0.15, 0.2) is 47.1 Å². The Balaban J connectivity index is 1.52. The Hall–Kier alpha value is -1.86. The second-order valence-corrected chi connectivity index (χ2v) is 7.87. The molecule has 3 rings (SSSR count). The molecular formula is C19H15Cl3N2O3S. The lowest BCUT2D eigenvalue weighted by atomic mass is 10.2. The third-order valence-electron chi connectivity index (χ3n) is 3.66. The summed E-state index contributed by atoms with van der Waals surface area (Å²) in [5, 5.41) is 3.70. The molecule has 0 aliphatic rings. The van der Waals surface area contributed by atoms with E-state index in [1.807, 2.05) is 24.3 Å². The molecule has 9 heteroatoms. The fourth-order valence-electron chi connectivity index (χ4n) is 2.29. The van der Waals surface area contributed by atoms with Crippen LogP contribution in [0, 0.1) is 0 Å². The van der Waals surface area contributed by atoms with Crippen molar-refractivity contribution in [1.29, 1.82) is 0 Å². The van der Waals surface area contributed by atoms with Gasteiger partial charge in [0.2, 0.25) is 11.8 Å². The van der Waals surface area contributed by atoms with Gasteiger partial charge in [0.1, 0.15) is 12.0 Å². The largest absolute Gasteiger partial charge is 0.497 e. The predicted molar refractivity (Wildman–Crippen MR) is 115 cm³/mol. The Kier molecular flexibility index (Phi) is 7.13. The molecule has 1 heterocycles. The Labute approximate surface area is 181 Å². The Morgan fingerprint density at radius 1 is 1.14 bits per heavy atom. The van der Waals surface area contributed by atoms with Gasteiger partial charge < -0.3 is 14.5 Å². The van der Waals surface area contributed by atoms with Crippen LogP contribution < -0.4 is 10.1 Å². The van der Waals surface area contributed by atoms with E-state index in [0.717, 1.165) is 17.0 Å². The third kappa shape index (κ3) is 5.35. The quantitative estimate of drug-likeness (QED) is 0.429. The molecule has 0 atom stereocenters. The van der Waals surface area contributed by atoms with Gasteiger partial charge in [-0.1, -0.05) is 34.8 Å². The van der Waals surface area contributed by atoms with Gasteiger partial charge in [-0.05, 0) is 36.4 Å². The number of benzene rings is 2. The van der Waals surface area contributed by atoms with Crippen molar-refractivity contribution < 1.29 is 13.9 Å². The lowest BCUT2D eigenvalue weighted by molar-refractivity contribution is -0.113. The van der Waals surface area contributed by atoms with Crippen LogP contribution in [0.1, 0.15) is 5.69 Å². The summed E-state index contributed by atoms with van der Waals surface area (Å²) in [4.78, 5) is 16.6. The number of aromatic nitrogens is 1. The molecule has 0 aliphatic carbocycles. The number of amides is 1. The smallest absolute Gasteiger partial charge is 0.234 e. The van der Waals surface area contributed by atoms with E-state index in [4.69, 9.17) is 44.0 Å². The average molecular weight is 458 g/mol. The van der Waals surface area contributed by atoms with Crippen LogP contribution in [0.2, 0.25) is 15.1 Å². The highest BCUT2D eigenvalue weighted by Gasteiger charge is 2.11. The van der Waals surface area contributed by atoms with Crippen LogP contribution in [-0.4, -0.2) is 23.8 Å². The van der Waals surface area contributed by atoms with Crippen molar-refractivity contribution in [2.45, 2.75) is 5.75 Å². The third-order valence-corrected chi connectivity index (χ3v) is 5.66. The van der Waals surface area contributed by atoms with E-state index in [2.05, 4.69) is 10.3 Å². The summed E-state index contributed by atoms with van der Waals surface area (Å²) in [6.45, 7) is 0. The summed E-state index contributed by atoms with van der Waals surface area (Å²) < 4.78 is 10.6. The number of nitrogens with one attached hydrogen (secondary N) is 1. The van der Waals surface area contributed by atoms with Crippen molar-refractivity contribution in [1.82, 2.24) is 4.98 Å². The zero-order chi connectivity index (χ0) is 20.1. The first-order valence-electron chi connectivity index (χ1n) is 8.07. The first-order chi connectivity index (χ1) is 13.5. The maximum absolute atomic E-state index is 12.1. The van der Waals surface area contributed by atoms with E-state index < -0.39 is 0 Å². The van der Waals surface area contributed by atoms with Gasteiger partial charge in [-0.3, -0.25) is 4.79 Å². The number of halogens is 3. The van der Waals surface area contributed by atoms with E-state index in [9.17, 15) is 4.79 Å². The molecule has 3 aromatic rings. The number of carbonyl (C=O) groups is 1. The highest BCUT2D eigenvalue weighted by Crippen LogP contribution is 2.32. The normalized spacial score (nSPS) is 10.7. The molecule has 0 bridgehead atoms. The zero-order valence-corrected chi connectivity index (χ0v) is 17.8. The number of oxazole rings is 1. The highest BCUT2D eigenvalue weighted by atomic mass is 35.5. The van der Waals surface area contributed by atoms with Crippen molar-refractivity contribution >= 4 is 58.2 Å². The van der Waals surface area contributed by atoms with Gasteiger partial charge in [0.25, 0.3) is 0 Å². The van der Waals surface area contributed by atoms with Crippen molar-refractivity contribution in [2.75, 3.05) is 18.2 Å². The first-order valence-corrected chi connectivity index (χ1v) is 10.4. The summed E-state index contributed by atoms with van der Waals surface area (Å²) in [5.41, 5.74) is 2.02. The average Bonchev–Trinajstić information content (AvgIpc) is 3.15. The maximum Gasteiger partial charge on any atom is 0.234 e. The van der Waals surface area contributed by atoms with Gasteiger partial charge in [-0.2, -0.15) is 0 Å². The van der Waals surface area contributed by atoms with Crippen LogP contribution in [-0.2, 0) is 10.5 Å². The van der Waals surface area contributed by atoms with Gasteiger partial charge in [-0.15, -0.1) is 11.8 Å². The molecule has 0 fully saturated rings. The minimum Gasteiger partial charge on any atom is -0.497 e. The maximum atomic E-state index is 12.1. The number of ether oxygens (including phenoxy) is 1. The minimum atomic E-state index is -0.204. The highest BCUT2D eigenvalue weighted by molar-refractivity contribution is 7.99. The predicted octanol–water partition coefficient (Wildman–Crippen LogP) is 6.18. The summed E-state index contributed by atoms with van der Waals surface area (Å²) in [6, 6.07) is 10.4. The van der Waals surface area contributed by atoms with E-state index in [0.29, 0.717) is 32.4 Å². The van der Waals surface area contributed by atoms with Crippen LogP contribution in [0.3, 0.4) is 0 Å². The number of anilines is 1. The molecule has 0 radical (unpaired) electrons. The molecule has 0 spiro atoms. The second kappa shape index (κ2) is 9.56. The SMILES string of the molecule is COc1ccc(-c2nc(CSCC(=O)Nc3cc(Cl)c(Cl)cc3Cl)co2)cc1. The molecule has 0 unspecified atom stereocenters. The second-order valence-electron chi connectivity index (χ2n) is 5.66. The fraction of sp³-hybridized carbons (Fsp3) is 0.158. The van der Waals surface area contributed by atoms with Gasteiger partial charge in [0, 0.05) is 11.3 Å². The Bertz CT molecular complexity index is 977. The van der Waals surface area contributed by atoms with E-state index in [-0.39, 0.29) is 11.7 Å². The van der Waals surface area contributed by atoms with Crippen LogP contribution in [0.25, 0.3) is 11.5 Å². The number of methoxy groups -OCH3 is 1. The van der Waals surface area contributed by atoms with E-state index >= 15 is 0 Å². The van der Waals surface area contributed by atoms with E-state index in [1.54, 1.807) is 13.4 Å². The summed E-state index contributed by atoms with van der Waals surface area (Å²) in [5.74, 6) is 1.83. The number of carbonyl (C=O) groups excluding carboxylic acids is 1. The lowest BCUT2D eigenvalue weighted by Gasteiger charge is -2.08. The van der Waals surface area contributed by atoms with Crippen LogP contribution in [0.4, 0.5) is 5.69 Å². The number of thioether (sulfide) groups is 1. The molecule has 0 aliphatic heterocycles. The summed E-state index contributed by atoms with van der Waals surface area (Å²) >= 11 is 19.3. The molecule has 0 saturated heterocycles. The number of hydrogen-bond acceptors (Lipinski definition) is 5. The molecular weight excluding hydrogens is 443 g/mol. The van der Waals surface area contributed by atoms with Crippen molar-refractivity contribution in [3.05, 3.63) is 63.4 Å². The number of rotatable bonds is 7. The molecule has 1 N–H and O–H groups in total. The van der Waals surface area contributed by atoms with Crippen molar-refractivity contribution in [3.63, 3.8) is 0 Å². The zero-order valence-electron chi connectivity index (χ0n) is 14.7. The number of nitrogens with zero attached hydrogens (tertiary/aromatic N) is 1. The molecule has 28 heavy (non-hydrogen) atoms. The Morgan fingerprint density at radius 3 is 2.57 bits per heavy atom. The fourth-order valence-corrected chi connectivity index (χ4v) is 3.59. The van der Waals surface area contributed by atoms with Gasteiger partial charge in [-0.25, -0.2) is 4.98 Å². The monoisotopic (exact) mass is 456 g/mol. The molecule has 5 nitrogen and oxygen atoms in total. The number of hydrogen-bond donors (Lipinski definition) is 1. The molecule has 1 aromatic heterocycles. The lowest BCUT2D eigenvalue weighted by Crippen LogP contribution is -2.14. The van der Waals surface area contributed by atoms with Crippen LogP contribution in [0.5, 0.6) is 5.75 Å². The van der Waals surface area contributed by atoms with Gasteiger partial charge >= 0.3 is 0 Å². The van der Waals surface area contributed by atoms with Crippen molar-refractivity contribution in [2.24, 2.45) is 0 Å². The summed E-state index contributed by atoms with van der Waals surface area (Å²) in [7, 11) is 1.61. The first kappa shape index (κ1) is 20.9. The van der Waals surface area contributed by atoms with E-state index in [1.165, 1.54) is 23.9 Å². The molecule has 1 amide bonds. The van der Waals surface area contributed by atoms with Crippen molar-refractivity contribution in [3.8, 4) is 17.2 Å². The standard InChI is InChI=1S/C19H15Cl3N2O3S/c1-26-13-4-2-11(3-5-13)19-23-12(8-27-19)9-28-10-18(25)24-17-7-15(21)14(20)6-16(17)22/h2-8H,9-10H2,1H3,(H,24,25). The summed E-state index contributed by atoms with van der Waals surface area (Å²) in [6.07, 6.45) is 1.58. The molecule has 146 valence electrons. The van der Waals surface area contributed by atoms with Crippen LogP contribution >= 0.6 is 46.6 Å². The topological polar surface area (TPSA) is 64.4 Å². The Morgan fingerprint density at radius 2 is 1.86 bits per heavy atom.